The van der Waals surface area contributed by atoms with Gasteiger partial charge < -0.3 is 14.5 Å². The summed E-state index contributed by atoms with van der Waals surface area (Å²) in [7, 11) is 5.49. The van der Waals surface area contributed by atoms with Crippen LogP contribution in [0.3, 0.4) is 0 Å². The number of hydrogen-bond acceptors (Lipinski definition) is 6. The minimum absolute atomic E-state index is 0. The van der Waals surface area contributed by atoms with E-state index in [1.54, 1.807) is 29.0 Å². The lowest BCUT2D eigenvalue weighted by molar-refractivity contribution is -0.124. The molecule has 0 radical (unpaired) electrons. The predicted octanol–water partition coefficient (Wildman–Crippen LogP) is 4.33. The van der Waals surface area contributed by atoms with E-state index in [2.05, 4.69) is 0 Å². The number of likely N-dealkylation sites (N-methyl/N-ethyl adjacent to an activating group) is 1. The zero-order valence-electron chi connectivity index (χ0n) is 18.7. The number of hydrogen-bond donors (Lipinski definition) is 0. The van der Waals surface area contributed by atoms with E-state index in [0.717, 1.165) is 10.4 Å². The standard InChI is InChI=1S/C23H25ClN4O3S.ClH/c1-26(2)11-12-27(23-25-20-18(31-3)10-9-17(24)21(20)32-23)22(30)15-13-19(29)28(14-15)16-7-5-4-6-8-16;/h4-10,15H,11-14H2,1-3H3;1H. The van der Waals surface area contributed by atoms with Gasteiger partial charge in [-0.05, 0) is 38.4 Å². The van der Waals surface area contributed by atoms with Crippen molar-refractivity contribution in [1.29, 1.82) is 0 Å². The molecule has 3 aromatic rings. The van der Waals surface area contributed by atoms with Crippen LogP contribution in [-0.4, -0.2) is 62.5 Å². The number of methoxy groups -OCH3 is 1. The van der Waals surface area contributed by atoms with E-state index in [1.807, 2.05) is 49.3 Å². The molecule has 0 aliphatic carbocycles. The summed E-state index contributed by atoms with van der Waals surface area (Å²) in [5.74, 6) is 0.0244. The molecule has 7 nitrogen and oxygen atoms in total. The average Bonchev–Trinajstić information content (AvgIpc) is 3.39. The number of rotatable bonds is 7. The van der Waals surface area contributed by atoms with Gasteiger partial charge in [0.05, 0.1) is 22.8 Å². The Morgan fingerprint density at radius 1 is 1.21 bits per heavy atom. The molecule has 2 amide bonds. The Bertz CT molecular complexity index is 1140. The Hall–Kier alpha value is -2.39. The number of thiazole rings is 1. The molecule has 1 aliphatic rings. The van der Waals surface area contributed by atoms with Crippen LogP contribution in [0.15, 0.2) is 42.5 Å². The third-order valence-corrected chi connectivity index (χ3v) is 7.02. The summed E-state index contributed by atoms with van der Waals surface area (Å²) in [6.45, 7) is 1.48. The Labute approximate surface area is 208 Å². The van der Waals surface area contributed by atoms with E-state index in [4.69, 9.17) is 21.3 Å². The average molecular weight is 509 g/mol. The normalized spacial score (nSPS) is 15.7. The molecule has 1 atom stereocenters. The molecule has 1 saturated heterocycles. The molecule has 1 aliphatic heterocycles. The van der Waals surface area contributed by atoms with Crippen molar-refractivity contribution in [3.63, 3.8) is 0 Å². The third-order valence-electron chi connectivity index (χ3n) is 5.48. The maximum Gasteiger partial charge on any atom is 0.234 e. The SMILES string of the molecule is COc1ccc(Cl)c2sc(N(CCN(C)C)C(=O)C3CC(=O)N(c4ccccc4)C3)nc12.Cl. The number of fused-ring (bicyclic) bond motifs is 1. The van der Waals surface area contributed by atoms with E-state index in [-0.39, 0.29) is 30.6 Å². The van der Waals surface area contributed by atoms with Gasteiger partial charge in [0, 0.05) is 31.7 Å². The van der Waals surface area contributed by atoms with Gasteiger partial charge in [-0.1, -0.05) is 41.1 Å². The van der Waals surface area contributed by atoms with Gasteiger partial charge in [0.1, 0.15) is 11.3 Å². The predicted molar refractivity (Wildman–Crippen MR) is 136 cm³/mol. The summed E-state index contributed by atoms with van der Waals surface area (Å²) in [6, 6.07) is 13.0. The first-order valence-corrected chi connectivity index (χ1v) is 11.5. The molecule has 4 rings (SSSR count). The molecule has 1 aromatic heterocycles. The summed E-state index contributed by atoms with van der Waals surface area (Å²) in [4.78, 5) is 36.4. The largest absolute Gasteiger partial charge is 0.494 e. The smallest absolute Gasteiger partial charge is 0.234 e. The van der Waals surface area contributed by atoms with Crippen LogP contribution < -0.4 is 14.5 Å². The van der Waals surface area contributed by atoms with Gasteiger partial charge >= 0.3 is 0 Å². The molecule has 0 N–H and O–H groups in total. The number of nitrogens with zero attached hydrogens (tertiary/aromatic N) is 4. The van der Waals surface area contributed by atoms with Crippen LogP contribution in [0, 0.1) is 5.92 Å². The molecule has 1 unspecified atom stereocenters. The van der Waals surface area contributed by atoms with E-state index in [0.29, 0.717) is 41.1 Å². The lowest BCUT2D eigenvalue weighted by atomic mass is 10.1. The fourth-order valence-electron chi connectivity index (χ4n) is 3.77. The number of benzene rings is 2. The van der Waals surface area contributed by atoms with Crippen molar-refractivity contribution >= 4 is 68.2 Å². The fourth-order valence-corrected chi connectivity index (χ4v) is 5.06. The second-order valence-corrected chi connectivity index (χ2v) is 9.34. The summed E-state index contributed by atoms with van der Waals surface area (Å²) < 4.78 is 6.21. The molecule has 1 fully saturated rings. The van der Waals surface area contributed by atoms with Crippen molar-refractivity contribution in [3.05, 3.63) is 47.5 Å². The Balaban J connectivity index is 0.00000306. The van der Waals surface area contributed by atoms with Crippen molar-refractivity contribution in [2.45, 2.75) is 6.42 Å². The van der Waals surface area contributed by atoms with Gasteiger partial charge in [-0.3, -0.25) is 14.5 Å². The third kappa shape index (κ3) is 5.24. The highest BCUT2D eigenvalue weighted by Crippen LogP contribution is 2.39. The molecule has 0 spiro atoms. The van der Waals surface area contributed by atoms with Crippen LogP contribution in [0.2, 0.25) is 5.02 Å². The number of ether oxygens (including phenoxy) is 1. The highest BCUT2D eigenvalue weighted by molar-refractivity contribution is 7.23. The van der Waals surface area contributed by atoms with Gasteiger partial charge in [0.15, 0.2) is 5.13 Å². The van der Waals surface area contributed by atoms with Crippen LogP contribution in [0.5, 0.6) is 5.75 Å². The summed E-state index contributed by atoms with van der Waals surface area (Å²) in [5.41, 5.74) is 1.44. The lowest BCUT2D eigenvalue weighted by Crippen LogP contribution is -2.41. The number of halogens is 2. The van der Waals surface area contributed by atoms with Gasteiger partial charge in [0.2, 0.25) is 11.8 Å². The number of carbonyl (C=O) groups is 2. The van der Waals surface area contributed by atoms with Crippen molar-refractivity contribution in [3.8, 4) is 5.75 Å². The quantitative estimate of drug-likeness (QED) is 0.475. The second-order valence-electron chi connectivity index (χ2n) is 7.96. The van der Waals surface area contributed by atoms with Crippen LogP contribution in [0.1, 0.15) is 6.42 Å². The monoisotopic (exact) mass is 508 g/mol. The zero-order valence-corrected chi connectivity index (χ0v) is 21.0. The molecule has 2 aromatic carbocycles. The molecule has 33 heavy (non-hydrogen) atoms. The topological polar surface area (TPSA) is 66.0 Å². The number of anilines is 2. The highest BCUT2D eigenvalue weighted by atomic mass is 35.5. The number of aromatic nitrogens is 1. The fraction of sp³-hybridized carbons (Fsp3) is 0.348. The van der Waals surface area contributed by atoms with Crippen molar-refractivity contribution in [2.75, 3.05) is 50.6 Å². The molecule has 10 heteroatoms. The Morgan fingerprint density at radius 2 is 1.94 bits per heavy atom. The second kappa shape index (κ2) is 10.7. The highest BCUT2D eigenvalue weighted by Gasteiger charge is 2.38. The summed E-state index contributed by atoms with van der Waals surface area (Å²) in [6.07, 6.45) is 0.182. The first-order valence-electron chi connectivity index (χ1n) is 10.3. The van der Waals surface area contributed by atoms with Gasteiger partial charge in [-0.15, -0.1) is 12.4 Å². The molecule has 0 saturated carbocycles. The molecular weight excluding hydrogens is 483 g/mol. The number of para-hydroxylation sites is 1. The molecule has 0 bridgehead atoms. The van der Waals surface area contributed by atoms with Crippen LogP contribution >= 0.6 is 35.3 Å². The zero-order chi connectivity index (χ0) is 22.8. The van der Waals surface area contributed by atoms with E-state index in [9.17, 15) is 9.59 Å². The summed E-state index contributed by atoms with van der Waals surface area (Å²) >= 11 is 7.76. The molecular formula is C23H26Cl2N4O3S. The number of carbonyl (C=O) groups excluding carboxylic acids is 2. The van der Waals surface area contributed by atoms with Crippen LogP contribution in [-0.2, 0) is 9.59 Å². The van der Waals surface area contributed by atoms with E-state index >= 15 is 0 Å². The van der Waals surface area contributed by atoms with Gasteiger partial charge in [0.25, 0.3) is 0 Å². The van der Waals surface area contributed by atoms with Crippen molar-refractivity contribution < 1.29 is 14.3 Å². The summed E-state index contributed by atoms with van der Waals surface area (Å²) in [5, 5.41) is 1.12. The van der Waals surface area contributed by atoms with Crippen LogP contribution in [0.25, 0.3) is 10.2 Å². The van der Waals surface area contributed by atoms with E-state index < -0.39 is 5.92 Å². The van der Waals surface area contributed by atoms with Gasteiger partial charge in [-0.25, -0.2) is 4.98 Å². The van der Waals surface area contributed by atoms with Crippen molar-refractivity contribution in [1.82, 2.24) is 9.88 Å². The first kappa shape index (κ1) is 25.2. The lowest BCUT2D eigenvalue weighted by Gasteiger charge is -2.24. The Morgan fingerprint density at radius 3 is 2.61 bits per heavy atom. The minimum Gasteiger partial charge on any atom is -0.494 e. The van der Waals surface area contributed by atoms with Crippen LogP contribution in [0.4, 0.5) is 10.8 Å². The number of amides is 2. The maximum absolute atomic E-state index is 13.6. The molecule has 176 valence electrons. The Kier molecular flexibility index (Phi) is 8.18. The minimum atomic E-state index is -0.436. The first-order chi connectivity index (χ1) is 15.4. The van der Waals surface area contributed by atoms with Crippen molar-refractivity contribution in [2.24, 2.45) is 5.92 Å². The van der Waals surface area contributed by atoms with Gasteiger partial charge in [-0.2, -0.15) is 0 Å². The van der Waals surface area contributed by atoms with E-state index in [1.165, 1.54) is 11.3 Å². The molecule has 2 heterocycles. The maximum atomic E-state index is 13.6.